The van der Waals surface area contributed by atoms with Crippen LogP contribution in [-0.2, 0) is 10.0 Å². The maximum absolute atomic E-state index is 10.7. The lowest BCUT2D eigenvalue weighted by Gasteiger charge is -1.91. The minimum Gasteiger partial charge on any atom is -0.270 e. The van der Waals surface area contributed by atoms with Crippen molar-refractivity contribution < 1.29 is 8.42 Å². The van der Waals surface area contributed by atoms with E-state index < -0.39 is 26.3 Å². The first kappa shape index (κ1) is 8.62. The lowest BCUT2D eigenvalue weighted by Crippen LogP contribution is -2.32. The third-order valence-electron chi connectivity index (χ3n) is 0.950. The SMILES string of the molecule is NS(=O)(=O)c1n[nH]c(=O)[nH]c1=O. The van der Waals surface area contributed by atoms with Gasteiger partial charge in [0.25, 0.3) is 20.6 Å². The van der Waals surface area contributed by atoms with Gasteiger partial charge in [0.1, 0.15) is 0 Å². The zero-order valence-electron chi connectivity index (χ0n) is 5.57. The molecular weight excluding hydrogens is 188 g/mol. The monoisotopic (exact) mass is 192 g/mol. The van der Waals surface area contributed by atoms with E-state index in [2.05, 4.69) is 10.2 Å². The molecule has 0 aliphatic heterocycles. The van der Waals surface area contributed by atoms with Gasteiger partial charge in [-0.2, -0.15) is 5.10 Å². The normalized spacial score (nSPS) is 11.4. The second kappa shape index (κ2) is 2.53. The third kappa shape index (κ3) is 1.57. The van der Waals surface area contributed by atoms with Gasteiger partial charge in [-0.1, -0.05) is 0 Å². The van der Waals surface area contributed by atoms with Crippen molar-refractivity contribution in [1.82, 2.24) is 15.2 Å². The maximum atomic E-state index is 10.7. The van der Waals surface area contributed by atoms with Gasteiger partial charge in [-0.3, -0.25) is 9.78 Å². The summed E-state index contributed by atoms with van der Waals surface area (Å²) in [5, 5.41) is 8.34. The molecule has 0 amide bonds. The first-order chi connectivity index (χ1) is 5.41. The molecule has 1 heterocycles. The van der Waals surface area contributed by atoms with Crippen molar-refractivity contribution >= 4 is 10.0 Å². The number of aromatic nitrogens is 3. The van der Waals surface area contributed by atoms with Crippen LogP contribution in [0.15, 0.2) is 14.6 Å². The van der Waals surface area contributed by atoms with Gasteiger partial charge >= 0.3 is 5.69 Å². The summed E-state index contributed by atoms with van der Waals surface area (Å²) >= 11 is 0. The van der Waals surface area contributed by atoms with Crippen molar-refractivity contribution in [1.29, 1.82) is 0 Å². The van der Waals surface area contributed by atoms with Crippen molar-refractivity contribution in [2.45, 2.75) is 5.03 Å². The fraction of sp³-hybridized carbons (Fsp3) is 0. The number of primary sulfonamides is 1. The Morgan fingerprint density at radius 3 is 2.33 bits per heavy atom. The van der Waals surface area contributed by atoms with E-state index in [4.69, 9.17) is 0 Å². The van der Waals surface area contributed by atoms with Crippen LogP contribution >= 0.6 is 0 Å². The molecule has 4 N–H and O–H groups in total. The first-order valence-electron chi connectivity index (χ1n) is 2.63. The molecule has 8 nitrogen and oxygen atoms in total. The van der Waals surface area contributed by atoms with E-state index in [-0.39, 0.29) is 0 Å². The smallest absolute Gasteiger partial charge is 0.270 e. The van der Waals surface area contributed by atoms with Gasteiger partial charge in [0, 0.05) is 0 Å². The molecule has 0 saturated heterocycles. The highest BCUT2D eigenvalue weighted by Crippen LogP contribution is 1.86. The molecule has 12 heavy (non-hydrogen) atoms. The van der Waals surface area contributed by atoms with Gasteiger partial charge in [0.2, 0.25) is 0 Å². The molecule has 0 bridgehead atoms. The Morgan fingerprint density at radius 2 is 1.92 bits per heavy atom. The van der Waals surface area contributed by atoms with E-state index in [0.29, 0.717) is 0 Å². The molecule has 1 aromatic heterocycles. The summed E-state index contributed by atoms with van der Waals surface area (Å²) in [7, 11) is -4.18. The van der Waals surface area contributed by atoms with Gasteiger partial charge in [-0.05, 0) is 0 Å². The highest BCUT2D eigenvalue weighted by Gasteiger charge is 2.14. The van der Waals surface area contributed by atoms with Crippen LogP contribution in [0.1, 0.15) is 0 Å². The van der Waals surface area contributed by atoms with Crippen LogP contribution in [0.4, 0.5) is 0 Å². The molecule has 1 aromatic rings. The van der Waals surface area contributed by atoms with Crippen LogP contribution in [0.2, 0.25) is 0 Å². The summed E-state index contributed by atoms with van der Waals surface area (Å²) < 4.78 is 21.1. The molecule has 1 rings (SSSR count). The van der Waals surface area contributed by atoms with Crippen LogP contribution in [-0.4, -0.2) is 23.6 Å². The molecule has 0 unspecified atom stereocenters. The minimum atomic E-state index is -4.18. The van der Waals surface area contributed by atoms with E-state index in [1.54, 1.807) is 10.1 Å². The molecule has 0 spiro atoms. The molecule has 0 fully saturated rings. The molecule has 0 aliphatic rings. The molecule has 66 valence electrons. The number of hydrogen-bond acceptors (Lipinski definition) is 5. The van der Waals surface area contributed by atoms with E-state index in [9.17, 15) is 18.0 Å². The predicted octanol–water partition coefficient (Wildman–Crippen LogP) is -2.89. The summed E-state index contributed by atoms with van der Waals surface area (Å²) in [5.74, 6) is 0. The third-order valence-corrected chi connectivity index (χ3v) is 1.77. The van der Waals surface area contributed by atoms with Crippen molar-refractivity contribution in [3.05, 3.63) is 20.8 Å². The molecular formula is C3H4N4O4S. The predicted molar refractivity (Wildman–Crippen MR) is 36.9 cm³/mol. The molecule has 0 aliphatic carbocycles. The average molecular weight is 192 g/mol. The van der Waals surface area contributed by atoms with Crippen molar-refractivity contribution in [3.8, 4) is 0 Å². The number of hydrogen-bond donors (Lipinski definition) is 3. The highest BCUT2D eigenvalue weighted by molar-refractivity contribution is 7.89. The highest BCUT2D eigenvalue weighted by atomic mass is 32.2. The molecule has 0 atom stereocenters. The average Bonchev–Trinajstić information content (AvgIpc) is 1.83. The van der Waals surface area contributed by atoms with Gasteiger partial charge in [0.05, 0.1) is 0 Å². The second-order valence-corrected chi connectivity index (χ2v) is 3.33. The van der Waals surface area contributed by atoms with Crippen molar-refractivity contribution in [3.63, 3.8) is 0 Å². The Labute approximate surface area is 65.5 Å². The van der Waals surface area contributed by atoms with Gasteiger partial charge in [-0.15, -0.1) is 0 Å². The Kier molecular flexibility index (Phi) is 1.82. The Hall–Kier alpha value is -1.48. The fourth-order valence-corrected chi connectivity index (χ4v) is 1.01. The van der Waals surface area contributed by atoms with E-state index in [1.165, 1.54) is 0 Å². The van der Waals surface area contributed by atoms with E-state index in [0.717, 1.165) is 0 Å². The number of nitrogens with one attached hydrogen (secondary N) is 2. The molecule has 0 radical (unpaired) electrons. The topological polar surface area (TPSA) is 139 Å². The summed E-state index contributed by atoms with van der Waals surface area (Å²) in [6.07, 6.45) is 0. The quantitative estimate of drug-likeness (QED) is 0.438. The molecule has 0 saturated carbocycles. The van der Waals surface area contributed by atoms with Gasteiger partial charge < -0.3 is 0 Å². The molecule has 9 heteroatoms. The number of aromatic amines is 2. The number of H-pyrrole nitrogens is 2. The van der Waals surface area contributed by atoms with Crippen LogP contribution in [0.5, 0.6) is 0 Å². The number of sulfonamides is 1. The summed E-state index contributed by atoms with van der Waals surface area (Å²) in [6.45, 7) is 0. The Morgan fingerprint density at radius 1 is 1.33 bits per heavy atom. The van der Waals surface area contributed by atoms with Gasteiger partial charge in [0.15, 0.2) is 0 Å². The minimum absolute atomic E-state index is 0.896. The second-order valence-electron chi connectivity index (χ2n) is 1.86. The number of nitrogens with two attached hydrogens (primary N) is 1. The van der Waals surface area contributed by atoms with Crippen LogP contribution in [0, 0.1) is 0 Å². The fourth-order valence-electron chi connectivity index (χ4n) is 0.530. The first-order valence-corrected chi connectivity index (χ1v) is 4.17. The van der Waals surface area contributed by atoms with E-state index in [1.807, 2.05) is 0 Å². The van der Waals surface area contributed by atoms with Crippen LogP contribution in [0.3, 0.4) is 0 Å². The Bertz CT molecular complexity index is 496. The lowest BCUT2D eigenvalue weighted by atomic mass is 10.8. The molecule has 0 aromatic carbocycles. The van der Waals surface area contributed by atoms with E-state index >= 15 is 0 Å². The van der Waals surface area contributed by atoms with Crippen LogP contribution < -0.4 is 16.4 Å². The lowest BCUT2D eigenvalue weighted by molar-refractivity contribution is 0.587. The van der Waals surface area contributed by atoms with Crippen molar-refractivity contribution in [2.75, 3.05) is 0 Å². The number of nitrogens with zero attached hydrogens (tertiary/aromatic N) is 1. The Balaban J connectivity index is 3.61. The maximum Gasteiger partial charge on any atom is 0.342 e. The number of rotatable bonds is 1. The van der Waals surface area contributed by atoms with Crippen molar-refractivity contribution in [2.24, 2.45) is 5.14 Å². The van der Waals surface area contributed by atoms with Gasteiger partial charge in [-0.25, -0.2) is 23.4 Å². The summed E-state index contributed by atoms with van der Waals surface area (Å²) in [6, 6.07) is 0. The zero-order chi connectivity index (χ0) is 9.35. The summed E-state index contributed by atoms with van der Waals surface area (Å²) in [5.41, 5.74) is -2.03. The standard InChI is InChI=1S/C3H4N4O4S/c4-12(10,11)2-1(8)5-3(9)7-6-2/h(H2,4,10,11)(H2,5,7,8,9). The zero-order valence-corrected chi connectivity index (χ0v) is 6.38. The van der Waals surface area contributed by atoms with Crippen LogP contribution in [0.25, 0.3) is 0 Å². The largest absolute Gasteiger partial charge is 0.342 e. The summed E-state index contributed by atoms with van der Waals surface area (Å²) in [4.78, 5) is 22.7.